The van der Waals surface area contributed by atoms with Gasteiger partial charge in [0.1, 0.15) is 0 Å². The summed E-state index contributed by atoms with van der Waals surface area (Å²) in [6.07, 6.45) is 0.876. The number of sulfonamides is 1. The van der Waals surface area contributed by atoms with Crippen LogP contribution in [-0.2, 0) is 26.0 Å². The van der Waals surface area contributed by atoms with Crippen LogP contribution in [0.5, 0.6) is 0 Å². The fourth-order valence-corrected chi connectivity index (χ4v) is 3.39. The summed E-state index contributed by atoms with van der Waals surface area (Å²) in [6.45, 7) is 1.12. The number of carbonyl (C=O) groups excluding carboxylic acids is 3. The lowest BCUT2D eigenvalue weighted by atomic mass is 9.99. The van der Waals surface area contributed by atoms with E-state index in [-0.39, 0.29) is 16.4 Å². The van der Waals surface area contributed by atoms with E-state index in [4.69, 9.17) is 9.88 Å². The number of nitrogens with two attached hydrogens (primary N) is 1. The third-order valence-corrected chi connectivity index (χ3v) is 5.33. The summed E-state index contributed by atoms with van der Waals surface area (Å²) in [6, 6.07) is 8.71. The third kappa shape index (κ3) is 4.26. The van der Waals surface area contributed by atoms with Crippen molar-refractivity contribution < 1.29 is 27.5 Å². The maximum atomic E-state index is 12.4. The molecule has 0 bridgehead atoms. The van der Waals surface area contributed by atoms with Crippen LogP contribution < -0.4 is 10.5 Å². The van der Waals surface area contributed by atoms with Crippen LogP contribution in [0.15, 0.2) is 41.3 Å². The highest BCUT2D eigenvalue weighted by molar-refractivity contribution is 7.89. The molecule has 0 spiro atoms. The smallest absolute Gasteiger partial charge is 0.338 e. The highest BCUT2D eigenvalue weighted by Gasteiger charge is 2.19. The van der Waals surface area contributed by atoms with Gasteiger partial charge in [-0.15, -0.1) is 0 Å². The van der Waals surface area contributed by atoms with Gasteiger partial charge in [0.2, 0.25) is 15.9 Å². The lowest BCUT2D eigenvalue weighted by Crippen LogP contribution is -2.20. The predicted octanol–water partition coefficient (Wildman–Crippen LogP) is 1.57. The Balaban J connectivity index is 1.71. The minimum absolute atomic E-state index is 0.0208. The van der Waals surface area contributed by atoms with Crippen LogP contribution in [0.2, 0.25) is 0 Å². The molecule has 0 saturated heterocycles. The molecule has 0 fully saturated rings. The van der Waals surface area contributed by atoms with Gasteiger partial charge in [0.25, 0.3) is 0 Å². The Labute approximate surface area is 161 Å². The van der Waals surface area contributed by atoms with Gasteiger partial charge < -0.3 is 10.1 Å². The Hall–Kier alpha value is -3.04. The van der Waals surface area contributed by atoms with Crippen molar-refractivity contribution in [3.8, 4) is 0 Å². The fourth-order valence-electron chi connectivity index (χ4n) is 2.85. The maximum Gasteiger partial charge on any atom is 0.338 e. The average Bonchev–Trinajstić information content (AvgIpc) is 2.64. The molecular formula is C19H18N2O6S. The molecule has 0 atom stereocenters. The van der Waals surface area contributed by atoms with E-state index in [1.54, 1.807) is 25.1 Å². The minimum atomic E-state index is -3.97. The van der Waals surface area contributed by atoms with Crippen molar-refractivity contribution in [1.29, 1.82) is 0 Å². The van der Waals surface area contributed by atoms with Gasteiger partial charge in [-0.1, -0.05) is 6.07 Å². The molecule has 2 aromatic carbocycles. The topological polar surface area (TPSA) is 133 Å². The summed E-state index contributed by atoms with van der Waals surface area (Å²) in [5.74, 6) is -1.30. The molecule has 146 valence electrons. The number of hydrogen-bond donors (Lipinski definition) is 2. The molecule has 0 unspecified atom stereocenters. The number of ether oxygens (including phenoxy) is 1. The van der Waals surface area contributed by atoms with Crippen molar-refractivity contribution in [2.45, 2.75) is 24.7 Å². The van der Waals surface area contributed by atoms with Gasteiger partial charge in [0.05, 0.1) is 10.5 Å². The van der Waals surface area contributed by atoms with Crippen LogP contribution in [0.3, 0.4) is 0 Å². The van der Waals surface area contributed by atoms with Crippen molar-refractivity contribution >= 4 is 33.4 Å². The molecule has 3 rings (SSSR count). The number of nitrogens with one attached hydrogen (secondary N) is 1. The molecule has 2 aromatic rings. The number of ketones is 1. The zero-order valence-corrected chi connectivity index (χ0v) is 15.8. The number of rotatable bonds is 5. The van der Waals surface area contributed by atoms with Gasteiger partial charge in [-0.2, -0.15) is 0 Å². The first-order chi connectivity index (χ1) is 13.1. The van der Waals surface area contributed by atoms with E-state index in [0.29, 0.717) is 29.7 Å². The number of anilines is 1. The number of primary sulfonamides is 1. The van der Waals surface area contributed by atoms with Crippen LogP contribution in [-0.4, -0.2) is 32.7 Å². The molecule has 0 aliphatic carbocycles. The Morgan fingerprint density at radius 1 is 1.14 bits per heavy atom. The number of benzene rings is 2. The lowest BCUT2D eigenvalue weighted by Gasteiger charge is -2.17. The number of Topliss-reactive ketones (excluding diaryl/α,β-unsaturated/α-hetero) is 1. The van der Waals surface area contributed by atoms with Gasteiger partial charge in [0.15, 0.2) is 12.4 Å². The molecule has 1 amide bonds. The third-order valence-electron chi connectivity index (χ3n) is 4.41. The van der Waals surface area contributed by atoms with Crippen molar-refractivity contribution in [2.24, 2.45) is 5.14 Å². The first-order valence-electron chi connectivity index (χ1n) is 8.42. The van der Waals surface area contributed by atoms with Crippen molar-refractivity contribution in [3.63, 3.8) is 0 Å². The van der Waals surface area contributed by atoms with E-state index in [2.05, 4.69) is 5.32 Å². The zero-order valence-electron chi connectivity index (χ0n) is 15.0. The predicted molar refractivity (Wildman–Crippen MR) is 101 cm³/mol. The van der Waals surface area contributed by atoms with Crippen molar-refractivity contribution in [1.82, 2.24) is 0 Å². The van der Waals surface area contributed by atoms with E-state index < -0.39 is 28.4 Å². The fraction of sp³-hybridized carbons (Fsp3) is 0.211. The molecule has 0 saturated carbocycles. The van der Waals surface area contributed by atoms with Crippen LogP contribution in [0.1, 0.15) is 38.3 Å². The van der Waals surface area contributed by atoms with Crippen LogP contribution in [0.4, 0.5) is 5.69 Å². The maximum absolute atomic E-state index is 12.4. The second-order valence-corrected chi connectivity index (χ2v) is 8.00. The Morgan fingerprint density at radius 2 is 1.89 bits per heavy atom. The second-order valence-electron chi connectivity index (χ2n) is 6.44. The number of hydrogen-bond acceptors (Lipinski definition) is 6. The molecular weight excluding hydrogens is 384 g/mol. The van der Waals surface area contributed by atoms with Gasteiger partial charge in [-0.25, -0.2) is 18.4 Å². The first kappa shape index (κ1) is 19.7. The summed E-state index contributed by atoms with van der Waals surface area (Å²) in [7, 11) is -3.97. The van der Waals surface area contributed by atoms with E-state index in [1.165, 1.54) is 12.1 Å². The van der Waals surface area contributed by atoms with Crippen molar-refractivity contribution in [2.75, 3.05) is 11.9 Å². The number of carbonyl (C=O) groups is 3. The minimum Gasteiger partial charge on any atom is -0.454 e. The van der Waals surface area contributed by atoms with Gasteiger partial charge in [0, 0.05) is 17.7 Å². The van der Waals surface area contributed by atoms with E-state index in [0.717, 1.165) is 11.6 Å². The SMILES string of the molecule is Cc1ccc(S(N)(=O)=O)cc1C(=O)OCC(=O)c1ccc2c(c1)CCC(=O)N2. The molecule has 1 heterocycles. The second kappa shape index (κ2) is 7.53. The molecule has 3 N–H and O–H groups in total. The zero-order chi connectivity index (χ0) is 20.5. The first-order valence-corrected chi connectivity index (χ1v) is 9.96. The number of fused-ring (bicyclic) bond motifs is 1. The quantitative estimate of drug-likeness (QED) is 0.576. The molecule has 1 aliphatic heterocycles. The highest BCUT2D eigenvalue weighted by atomic mass is 32.2. The van der Waals surface area contributed by atoms with Gasteiger partial charge >= 0.3 is 5.97 Å². The van der Waals surface area contributed by atoms with Gasteiger partial charge in [-0.05, 0) is 54.8 Å². The number of amides is 1. The Kier molecular flexibility index (Phi) is 5.30. The van der Waals surface area contributed by atoms with E-state index in [9.17, 15) is 22.8 Å². The molecule has 0 aromatic heterocycles. The Morgan fingerprint density at radius 3 is 2.61 bits per heavy atom. The standard InChI is InChI=1S/C19H18N2O6S/c1-11-2-5-14(28(20,25)26)9-15(11)19(24)27-10-17(22)13-3-6-16-12(8-13)4-7-18(23)21-16/h2-3,5-6,8-9H,4,7,10H2,1H3,(H,21,23)(H2,20,25,26). The van der Waals surface area contributed by atoms with E-state index in [1.807, 2.05) is 0 Å². The monoisotopic (exact) mass is 402 g/mol. The summed E-state index contributed by atoms with van der Waals surface area (Å²) in [5, 5.41) is 7.80. The summed E-state index contributed by atoms with van der Waals surface area (Å²) in [4.78, 5) is 35.8. The Bertz CT molecular complexity index is 1090. The van der Waals surface area contributed by atoms with E-state index >= 15 is 0 Å². The summed E-state index contributed by atoms with van der Waals surface area (Å²) < 4.78 is 28.0. The van der Waals surface area contributed by atoms with Gasteiger partial charge in [-0.3, -0.25) is 9.59 Å². The normalized spacial score (nSPS) is 13.4. The van der Waals surface area contributed by atoms with Crippen LogP contribution in [0, 0.1) is 6.92 Å². The average molecular weight is 402 g/mol. The molecule has 1 aliphatic rings. The summed E-state index contributed by atoms with van der Waals surface area (Å²) >= 11 is 0. The largest absolute Gasteiger partial charge is 0.454 e. The number of esters is 1. The van der Waals surface area contributed by atoms with Crippen molar-refractivity contribution in [3.05, 3.63) is 58.7 Å². The van der Waals surface area contributed by atoms with Crippen LogP contribution >= 0.6 is 0 Å². The highest BCUT2D eigenvalue weighted by Crippen LogP contribution is 2.24. The number of aryl methyl sites for hydroxylation is 2. The summed E-state index contributed by atoms with van der Waals surface area (Å²) in [5.41, 5.74) is 2.38. The molecule has 0 radical (unpaired) electrons. The molecule has 8 nitrogen and oxygen atoms in total. The van der Waals surface area contributed by atoms with Crippen LogP contribution in [0.25, 0.3) is 0 Å². The molecule has 9 heteroatoms. The lowest BCUT2D eigenvalue weighted by molar-refractivity contribution is -0.116. The molecule has 28 heavy (non-hydrogen) atoms.